The Balaban J connectivity index is 2.70. The number of ether oxygens (including phenoxy) is 1. The summed E-state index contributed by atoms with van der Waals surface area (Å²) in [4.78, 5) is 0. The molecule has 0 aromatic carbocycles. The third-order valence-electron chi connectivity index (χ3n) is 2.96. The van der Waals surface area contributed by atoms with E-state index in [4.69, 9.17) is 21.0 Å². The van der Waals surface area contributed by atoms with Gasteiger partial charge in [-0.05, 0) is 19.2 Å². The van der Waals surface area contributed by atoms with Crippen molar-refractivity contribution in [2.24, 2.45) is 0 Å². The molecule has 1 atom stereocenters. The minimum Gasteiger partial charge on any atom is -0.408 e. The molecule has 0 radical (unpaired) electrons. The number of hydrogen-bond acceptors (Lipinski definition) is 2. The Kier molecular flexibility index (Phi) is 4.08. The van der Waals surface area contributed by atoms with Crippen LogP contribution in [0.25, 0.3) is 0 Å². The van der Waals surface area contributed by atoms with Gasteiger partial charge in [-0.2, -0.15) is 0 Å². The molecule has 0 aromatic rings. The molecule has 0 aromatic heterocycles. The second kappa shape index (κ2) is 4.67. The molecule has 76 valence electrons. The molecule has 2 nitrogen and oxygen atoms in total. The van der Waals surface area contributed by atoms with Crippen LogP contribution < -0.4 is 0 Å². The summed E-state index contributed by atoms with van der Waals surface area (Å²) in [6.45, 7) is 6.63. The number of alkyl halides is 1. The van der Waals surface area contributed by atoms with Gasteiger partial charge >= 0.3 is 6.92 Å². The molecular formula is C9H18BClO2. The Hall–Kier alpha value is 0.275. The van der Waals surface area contributed by atoms with Gasteiger partial charge in [0.05, 0.1) is 11.4 Å². The normalized spacial score (nSPS) is 26.8. The molecule has 0 bridgehead atoms. The predicted octanol–water partition coefficient (Wildman–Crippen LogP) is 2.71. The zero-order chi connectivity index (χ0) is 9.90. The second-order valence-corrected chi connectivity index (χ2v) is 3.82. The lowest BCUT2D eigenvalue weighted by Gasteiger charge is -2.27. The van der Waals surface area contributed by atoms with Gasteiger partial charge in [0.15, 0.2) is 6.29 Å². The summed E-state index contributed by atoms with van der Waals surface area (Å²) in [7, 11) is 0. The zero-order valence-electron chi connectivity index (χ0n) is 8.68. The summed E-state index contributed by atoms with van der Waals surface area (Å²) in [6.07, 6.45) is 2.78. The third kappa shape index (κ3) is 2.03. The molecule has 0 amide bonds. The maximum absolute atomic E-state index is 5.85. The number of rotatable bonds is 4. The van der Waals surface area contributed by atoms with Gasteiger partial charge in [0.1, 0.15) is 0 Å². The lowest BCUT2D eigenvalue weighted by molar-refractivity contribution is -0.0767. The highest BCUT2D eigenvalue weighted by atomic mass is 35.5. The van der Waals surface area contributed by atoms with E-state index in [1.54, 1.807) is 0 Å². The second-order valence-electron chi connectivity index (χ2n) is 3.51. The predicted molar refractivity (Wildman–Crippen MR) is 56.2 cm³/mol. The van der Waals surface area contributed by atoms with E-state index in [0.29, 0.717) is 5.88 Å². The highest BCUT2D eigenvalue weighted by molar-refractivity contribution is 6.56. The van der Waals surface area contributed by atoms with Crippen molar-refractivity contribution in [3.8, 4) is 0 Å². The molecule has 1 fully saturated rings. The molecule has 1 rings (SSSR count). The van der Waals surface area contributed by atoms with Crippen molar-refractivity contribution in [3.05, 3.63) is 0 Å². The van der Waals surface area contributed by atoms with E-state index < -0.39 is 0 Å². The molecule has 0 N–H and O–H groups in total. The Morgan fingerprint density at radius 2 is 1.92 bits per heavy atom. The van der Waals surface area contributed by atoms with Crippen LogP contribution in [-0.2, 0) is 9.39 Å². The van der Waals surface area contributed by atoms with Crippen LogP contribution in [-0.4, -0.2) is 24.6 Å². The Labute approximate surface area is 86.0 Å². The van der Waals surface area contributed by atoms with Crippen molar-refractivity contribution in [1.29, 1.82) is 0 Å². The first-order chi connectivity index (χ1) is 6.22. The standard InChI is InChI=1S/C9H18BClO2/c1-4-9(5-2)10(6-3)13-8(7-11)12-9/h8H,4-7H2,1-3H3. The van der Waals surface area contributed by atoms with Crippen molar-refractivity contribution < 1.29 is 9.39 Å². The van der Waals surface area contributed by atoms with Crippen LogP contribution >= 0.6 is 11.6 Å². The monoisotopic (exact) mass is 204 g/mol. The van der Waals surface area contributed by atoms with Crippen molar-refractivity contribution >= 4 is 18.5 Å². The van der Waals surface area contributed by atoms with E-state index in [1.807, 2.05) is 0 Å². The van der Waals surface area contributed by atoms with Gasteiger partial charge in [-0.15, -0.1) is 11.6 Å². The van der Waals surface area contributed by atoms with Crippen LogP contribution in [0.3, 0.4) is 0 Å². The minimum atomic E-state index is -0.202. The Morgan fingerprint density at radius 1 is 1.31 bits per heavy atom. The molecule has 1 saturated heterocycles. The van der Waals surface area contributed by atoms with Gasteiger partial charge in [-0.1, -0.05) is 20.8 Å². The minimum absolute atomic E-state index is 0.0890. The maximum Gasteiger partial charge on any atom is 0.328 e. The van der Waals surface area contributed by atoms with E-state index in [-0.39, 0.29) is 18.7 Å². The van der Waals surface area contributed by atoms with Crippen molar-refractivity contribution in [1.82, 2.24) is 0 Å². The van der Waals surface area contributed by atoms with Crippen molar-refractivity contribution in [2.75, 3.05) is 5.88 Å². The third-order valence-corrected chi connectivity index (χ3v) is 3.21. The quantitative estimate of drug-likeness (QED) is 0.518. The Bertz CT molecular complexity index is 162. The molecule has 1 aliphatic heterocycles. The van der Waals surface area contributed by atoms with Crippen LogP contribution in [0.2, 0.25) is 6.32 Å². The van der Waals surface area contributed by atoms with Gasteiger partial charge in [-0.3, -0.25) is 0 Å². The fourth-order valence-electron chi connectivity index (χ4n) is 2.08. The van der Waals surface area contributed by atoms with Crippen LogP contribution in [0.4, 0.5) is 0 Å². The average Bonchev–Trinajstić information content (AvgIpc) is 2.56. The van der Waals surface area contributed by atoms with E-state index in [1.165, 1.54) is 0 Å². The summed E-state index contributed by atoms with van der Waals surface area (Å²) in [5, 5.41) is 0. The fraction of sp³-hybridized carbons (Fsp3) is 1.00. The van der Waals surface area contributed by atoms with Crippen molar-refractivity contribution in [3.63, 3.8) is 0 Å². The van der Waals surface area contributed by atoms with Gasteiger partial charge < -0.3 is 9.39 Å². The first-order valence-electron chi connectivity index (χ1n) is 5.11. The molecule has 0 saturated carbocycles. The molecule has 4 heteroatoms. The summed E-state index contributed by atoms with van der Waals surface area (Å²) in [5.41, 5.74) is -0.0890. The van der Waals surface area contributed by atoms with E-state index >= 15 is 0 Å². The van der Waals surface area contributed by atoms with Crippen LogP contribution in [0.5, 0.6) is 0 Å². The molecule has 1 unspecified atom stereocenters. The van der Waals surface area contributed by atoms with E-state index in [2.05, 4.69) is 20.8 Å². The smallest absolute Gasteiger partial charge is 0.328 e. The molecule has 0 spiro atoms. The van der Waals surface area contributed by atoms with E-state index in [9.17, 15) is 0 Å². The first kappa shape index (κ1) is 11.4. The lowest BCUT2D eigenvalue weighted by atomic mass is 9.49. The topological polar surface area (TPSA) is 18.5 Å². The highest BCUT2D eigenvalue weighted by Crippen LogP contribution is 2.35. The molecule has 13 heavy (non-hydrogen) atoms. The number of halogens is 1. The highest BCUT2D eigenvalue weighted by Gasteiger charge is 2.49. The maximum atomic E-state index is 5.85. The van der Waals surface area contributed by atoms with Gasteiger partial charge in [0.25, 0.3) is 0 Å². The molecule has 1 aliphatic rings. The van der Waals surface area contributed by atoms with Crippen molar-refractivity contribution in [2.45, 2.75) is 51.7 Å². The Morgan fingerprint density at radius 3 is 2.23 bits per heavy atom. The average molecular weight is 205 g/mol. The molecule has 1 heterocycles. The summed E-state index contributed by atoms with van der Waals surface area (Å²) < 4.78 is 11.5. The fourth-order valence-corrected chi connectivity index (χ4v) is 2.22. The summed E-state index contributed by atoms with van der Waals surface area (Å²) in [6, 6.07) is 0. The van der Waals surface area contributed by atoms with Gasteiger partial charge in [0, 0.05) is 0 Å². The largest absolute Gasteiger partial charge is 0.408 e. The molecule has 0 aliphatic carbocycles. The number of hydrogen-bond donors (Lipinski definition) is 0. The summed E-state index contributed by atoms with van der Waals surface area (Å²) >= 11 is 5.72. The lowest BCUT2D eigenvalue weighted by Crippen LogP contribution is -2.42. The van der Waals surface area contributed by atoms with Gasteiger partial charge in [0.2, 0.25) is 0 Å². The SMILES string of the molecule is CCB1OC(CCl)OC1(CC)CC. The zero-order valence-corrected chi connectivity index (χ0v) is 9.43. The van der Waals surface area contributed by atoms with Crippen LogP contribution in [0.15, 0.2) is 0 Å². The van der Waals surface area contributed by atoms with Crippen LogP contribution in [0.1, 0.15) is 33.6 Å². The van der Waals surface area contributed by atoms with Gasteiger partial charge in [-0.25, -0.2) is 0 Å². The summed E-state index contributed by atoms with van der Waals surface area (Å²) in [5.74, 6) is 0.429. The van der Waals surface area contributed by atoms with Crippen LogP contribution in [0, 0.1) is 0 Å². The first-order valence-corrected chi connectivity index (χ1v) is 5.65. The van der Waals surface area contributed by atoms with E-state index in [0.717, 1.165) is 19.2 Å². The molecular weight excluding hydrogens is 186 g/mol.